The van der Waals surface area contributed by atoms with Gasteiger partial charge in [0.05, 0.1) is 6.21 Å². The van der Waals surface area contributed by atoms with E-state index in [2.05, 4.69) is 80.6 Å². The van der Waals surface area contributed by atoms with Gasteiger partial charge in [0.1, 0.15) is 5.52 Å². The van der Waals surface area contributed by atoms with Crippen molar-refractivity contribution in [2.75, 3.05) is 23.4 Å². The van der Waals surface area contributed by atoms with E-state index in [9.17, 15) is 0 Å². The molecule has 2 heterocycles. The molecular formula is C21H23N7. The standard InChI is InChI=1S/C21H23N7/c1-4-28(5-2)16-9-7-15(8-10-16)13-22-26-21-24-20-19(25-27-21)17-12-14(3)6-11-18(17)23-20/h6-13H,4-5H2,1-3H3,(H2,23,24,26,27)/b22-13-. The molecule has 142 valence electrons. The van der Waals surface area contributed by atoms with E-state index in [4.69, 9.17) is 0 Å². The number of benzene rings is 2. The fraction of sp³-hybridized carbons (Fsp3) is 0.238. The van der Waals surface area contributed by atoms with Gasteiger partial charge in [-0.25, -0.2) is 5.43 Å². The number of fused-ring (bicyclic) bond motifs is 3. The summed E-state index contributed by atoms with van der Waals surface area (Å²) in [6.07, 6.45) is 1.74. The van der Waals surface area contributed by atoms with Crippen molar-refractivity contribution < 1.29 is 0 Å². The lowest BCUT2D eigenvalue weighted by Gasteiger charge is -2.20. The fourth-order valence-corrected chi connectivity index (χ4v) is 3.26. The second kappa shape index (κ2) is 7.64. The van der Waals surface area contributed by atoms with Crippen molar-refractivity contribution in [2.45, 2.75) is 20.8 Å². The Bertz CT molecular complexity index is 1120. The minimum Gasteiger partial charge on any atom is -0.372 e. The molecular weight excluding hydrogens is 350 g/mol. The van der Waals surface area contributed by atoms with Crippen molar-refractivity contribution in [1.82, 2.24) is 20.2 Å². The Morgan fingerprint density at radius 1 is 1.07 bits per heavy atom. The zero-order valence-electron chi connectivity index (χ0n) is 16.3. The monoisotopic (exact) mass is 373 g/mol. The average molecular weight is 373 g/mol. The second-order valence-corrected chi connectivity index (χ2v) is 6.64. The lowest BCUT2D eigenvalue weighted by atomic mass is 10.2. The van der Waals surface area contributed by atoms with E-state index in [0.717, 1.165) is 35.1 Å². The molecule has 0 spiro atoms. The maximum Gasteiger partial charge on any atom is 0.265 e. The molecule has 7 nitrogen and oxygen atoms in total. The van der Waals surface area contributed by atoms with Crippen LogP contribution in [-0.2, 0) is 0 Å². The third kappa shape index (κ3) is 3.51. The molecule has 0 amide bonds. The predicted molar refractivity (Wildman–Crippen MR) is 115 cm³/mol. The molecule has 2 N–H and O–H groups in total. The Labute approximate surface area is 163 Å². The Morgan fingerprint density at radius 2 is 1.86 bits per heavy atom. The van der Waals surface area contributed by atoms with Crippen LogP contribution in [0.5, 0.6) is 0 Å². The van der Waals surface area contributed by atoms with Crippen LogP contribution in [0, 0.1) is 6.92 Å². The summed E-state index contributed by atoms with van der Waals surface area (Å²) in [6.45, 7) is 8.35. The third-order valence-corrected chi connectivity index (χ3v) is 4.77. The molecule has 0 unspecified atom stereocenters. The summed E-state index contributed by atoms with van der Waals surface area (Å²) in [5.74, 6) is 0.354. The van der Waals surface area contributed by atoms with Crippen LogP contribution in [0.25, 0.3) is 22.1 Å². The van der Waals surface area contributed by atoms with Crippen LogP contribution >= 0.6 is 0 Å². The van der Waals surface area contributed by atoms with Crippen LogP contribution in [0.15, 0.2) is 47.6 Å². The first-order chi connectivity index (χ1) is 13.7. The minimum atomic E-state index is 0.354. The molecule has 0 fully saturated rings. The molecule has 0 bridgehead atoms. The Balaban J connectivity index is 1.49. The van der Waals surface area contributed by atoms with Gasteiger partial charge in [-0.3, -0.25) is 0 Å². The number of aryl methyl sites for hydroxylation is 1. The topological polar surface area (TPSA) is 82.1 Å². The number of aromatic amines is 1. The van der Waals surface area contributed by atoms with Gasteiger partial charge >= 0.3 is 0 Å². The van der Waals surface area contributed by atoms with Crippen LogP contribution in [0.4, 0.5) is 11.6 Å². The highest BCUT2D eigenvalue weighted by Crippen LogP contribution is 2.23. The summed E-state index contributed by atoms with van der Waals surface area (Å²) in [4.78, 5) is 10.0. The Kier molecular flexibility index (Phi) is 4.89. The molecule has 0 saturated carbocycles. The first kappa shape index (κ1) is 17.9. The summed E-state index contributed by atoms with van der Waals surface area (Å²) in [5.41, 5.74) is 8.69. The lowest BCUT2D eigenvalue weighted by Crippen LogP contribution is -2.21. The highest BCUT2D eigenvalue weighted by molar-refractivity contribution is 6.03. The van der Waals surface area contributed by atoms with Gasteiger partial charge < -0.3 is 9.88 Å². The maximum absolute atomic E-state index is 4.47. The third-order valence-electron chi connectivity index (χ3n) is 4.77. The molecule has 0 radical (unpaired) electrons. The zero-order valence-corrected chi connectivity index (χ0v) is 16.3. The number of hydrogen-bond donors (Lipinski definition) is 2. The Morgan fingerprint density at radius 3 is 2.61 bits per heavy atom. The number of hydrazone groups is 1. The van der Waals surface area contributed by atoms with Crippen molar-refractivity contribution in [1.29, 1.82) is 0 Å². The number of rotatable bonds is 6. The van der Waals surface area contributed by atoms with E-state index in [0.29, 0.717) is 11.6 Å². The Hall–Kier alpha value is -3.48. The minimum absolute atomic E-state index is 0.354. The number of H-pyrrole nitrogens is 1. The second-order valence-electron chi connectivity index (χ2n) is 6.64. The predicted octanol–water partition coefficient (Wildman–Crippen LogP) is 4.11. The zero-order chi connectivity index (χ0) is 19.5. The smallest absolute Gasteiger partial charge is 0.265 e. The number of hydrogen-bond acceptors (Lipinski definition) is 6. The average Bonchev–Trinajstić information content (AvgIpc) is 3.07. The normalized spacial score (nSPS) is 11.5. The SMILES string of the molecule is CCN(CC)c1ccc(/C=N\Nc2nnc3c(n2)[nH]c2ccc(C)cc23)cc1. The van der Waals surface area contributed by atoms with Crippen LogP contribution in [0.3, 0.4) is 0 Å². The summed E-state index contributed by atoms with van der Waals surface area (Å²) < 4.78 is 0. The molecule has 0 aliphatic heterocycles. The van der Waals surface area contributed by atoms with Crippen molar-refractivity contribution in [3.05, 3.63) is 53.6 Å². The lowest BCUT2D eigenvalue weighted by molar-refractivity contribution is 0.866. The van der Waals surface area contributed by atoms with Crippen molar-refractivity contribution in [2.24, 2.45) is 5.10 Å². The number of anilines is 2. The molecule has 0 aliphatic carbocycles. The van der Waals surface area contributed by atoms with Crippen molar-refractivity contribution >= 4 is 39.9 Å². The summed E-state index contributed by atoms with van der Waals surface area (Å²) in [5, 5.41) is 13.7. The quantitative estimate of drug-likeness (QED) is 0.393. The van der Waals surface area contributed by atoms with Crippen LogP contribution in [0.2, 0.25) is 0 Å². The van der Waals surface area contributed by atoms with Gasteiger partial charge in [-0.1, -0.05) is 23.8 Å². The molecule has 2 aromatic heterocycles. The number of aromatic nitrogens is 4. The number of nitrogens with one attached hydrogen (secondary N) is 2. The van der Waals surface area contributed by atoms with Gasteiger partial charge in [-0.05, 0) is 50.6 Å². The summed E-state index contributed by atoms with van der Waals surface area (Å²) >= 11 is 0. The first-order valence-electron chi connectivity index (χ1n) is 9.44. The van der Waals surface area contributed by atoms with E-state index in [1.165, 1.54) is 11.3 Å². The van der Waals surface area contributed by atoms with Gasteiger partial charge in [-0.15, -0.1) is 10.2 Å². The highest BCUT2D eigenvalue weighted by atomic mass is 15.4. The van der Waals surface area contributed by atoms with Crippen molar-refractivity contribution in [3.63, 3.8) is 0 Å². The molecule has 2 aromatic carbocycles. The van der Waals surface area contributed by atoms with Gasteiger partial charge in [0.2, 0.25) is 0 Å². The maximum atomic E-state index is 4.47. The highest BCUT2D eigenvalue weighted by Gasteiger charge is 2.09. The van der Waals surface area contributed by atoms with Crippen LogP contribution < -0.4 is 10.3 Å². The summed E-state index contributed by atoms with van der Waals surface area (Å²) in [7, 11) is 0. The van der Waals surface area contributed by atoms with Gasteiger partial charge in [0, 0.05) is 29.7 Å². The van der Waals surface area contributed by atoms with Crippen LogP contribution in [0.1, 0.15) is 25.0 Å². The molecule has 0 atom stereocenters. The summed E-state index contributed by atoms with van der Waals surface area (Å²) in [6, 6.07) is 14.5. The molecule has 4 rings (SSSR count). The molecule has 4 aromatic rings. The fourth-order valence-electron chi connectivity index (χ4n) is 3.26. The van der Waals surface area contributed by atoms with Crippen molar-refractivity contribution in [3.8, 4) is 0 Å². The molecule has 7 heteroatoms. The van der Waals surface area contributed by atoms with Gasteiger partial charge in [-0.2, -0.15) is 10.1 Å². The van der Waals surface area contributed by atoms with E-state index < -0.39 is 0 Å². The van der Waals surface area contributed by atoms with E-state index in [-0.39, 0.29) is 0 Å². The largest absolute Gasteiger partial charge is 0.372 e. The van der Waals surface area contributed by atoms with E-state index >= 15 is 0 Å². The molecule has 28 heavy (non-hydrogen) atoms. The van der Waals surface area contributed by atoms with Gasteiger partial charge in [0.25, 0.3) is 5.95 Å². The van der Waals surface area contributed by atoms with Gasteiger partial charge in [0.15, 0.2) is 5.65 Å². The number of nitrogens with zero attached hydrogens (tertiary/aromatic N) is 5. The van der Waals surface area contributed by atoms with Crippen LogP contribution in [-0.4, -0.2) is 39.5 Å². The van der Waals surface area contributed by atoms with E-state index in [1.807, 2.05) is 18.2 Å². The van der Waals surface area contributed by atoms with E-state index in [1.54, 1.807) is 6.21 Å². The molecule has 0 aliphatic rings. The molecule has 0 saturated heterocycles. The first-order valence-corrected chi connectivity index (χ1v) is 9.44.